The van der Waals surface area contributed by atoms with Gasteiger partial charge >= 0.3 is 19.8 Å². The summed E-state index contributed by atoms with van der Waals surface area (Å²) in [6, 6.07) is 0. The zero-order valence-corrected chi connectivity index (χ0v) is 54.9. The van der Waals surface area contributed by atoms with Crippen molar-refractivity contribution < 1.29 is 37.6 Å². The SMILES string of the molecule is CC/C=C\C/C=C\C/C=C\C/C=C\C/C=C\C/C=C\C/C=C\CCCCCC(=O)OC(COC(=O)CCCCCCCCCCCCCCCCCCCCCC/C=C\C/C=C\C/C=C\C/C=C\C/C=C\C/C=C\CC)COP(=O)(O)OCCN. The Bertz CT molecular complexity index is 1950. The van der Waals surface area contributed by atoms with E-state index in [1.165, 1.54) is 116 Å². The lowest BCUT2D eigenvalue weighted by molar-refractivity contribution is -0.161. The Kier molecular flexibility index (Phi) is 65.2. The van der Waals surface area contributed by atoms with Crippen molar-refractivity contribution in [2.75, 3.05) is 26.4 Å². The average Bonchev–Trinajstić information content (AvgIpc) is 3.52. The van der Waals surface area contributed by atoms with Gasteiger partial charge in [0.1, 0.15) is 6.61 Å². The van der Waals surface area contributed by atoms with Gasteiger partial charge in [0.15, 0.2) is 6.10 Å². The first-order valence-corrected chi connectivity index (χ1v) is 35.5. The number of hydrogen-bond donors (Lipinski definition) is 2. The van der Waals surface area contributed by atoms with E-state index >= 15 is 0 Å². The number of carbonyl (C=O) groups is 2. The highest BCUT2D eigenvalue weighted by Crippen LogP contribution is 2.43. The van der Waals surface area contributed by atoms with Gasteiger partial charge in [-0.05, 0) is 122 Å². The molecule has 0 aliphatic rings. The molecule has 0 saturated carbocycles. The molecule has 10 heteroatoms. The Labute approximate surface area is 521 Å². The van der Waals surface area contributed by atoms with Crippen LogP contribution in [-0.4, -0.2) is 49.3 Å². The molecule has 0 aliphatic heterocycles. The minimum Gasteiger partial charge on any atom is -0.462 e. The lowest BCUT2D eigenvalue weighted by Crippen LogP contribution is -2.29. The van der Waals surface area contributed by atoms with Crippen LogP contribution in [0.25, 0.3) is 0 Å². The van der Waals surface area contributed by atoms with Gasteiger partial charge in [0.2, 0.25) is 0 Å². The first kappa shape index (κ1) is 80.6. The number of rotatable bonds is 62. The Morgan fingerprint density at radius 1 is 0.353 bits per heavy atom. The summed E-state index contributed by atoms with van der Waals surface area (Å²) in [5.41, 5.74) is 5.39. The number of phosphoric ester groups is 1. The topological polar surface area (TPSA) is 134 Å². The van der Waals surface area contributed by atoms with Crippen molar-refractivity contribution >= 4 is 19.8 Å². The average molecular weight is 1200 g/mol. The maximum atomic E-state index is 12.7. The summed E-state index contributed by atoms with van der Waals surface area (Å²) in [7, 11) is -4.41. The summed E-state index contributed by atoms with van der Waals surface area (Å²) in [5, 5.41) is 0. The van der Waals surface area contributed by atoms with Crippen LogP contribution in [0.3, 0.4) is 0 Å². The van der Waals surface area contributed by atoms with Crippen molar-refractivity contribution in [3.63, 3.8) is 0 Å². The van der Waals surface area contributed by atoms with Gasteiger partial charge < -0.3 is 20.1 Å². The summed E-state index contributed by atoms with van der Waals surface area (Å²) in [5.74, 6) is -0.869. The summed E-state index contributed by atoms with van der Waals surface area (Å²) in [6.45, 7) is 3.48. The fraction of sp³-hybridized carbons (Fsp3) is 0.627. The first-order valence-electron chi connectivity index (χ1n) is 34.0. The van der Waals surface area contributed by atoms with Gasteiger partial charge in [-0.15, -0.1) is 0 Å². The maximum Gasteiger partial charge on any atom is 0.472 e. The fourth-order valence-corrected chi connectivity index (χ4v) is 9.74. The summed E-state index contributed by atoms with van der Waals surface area (Å²) in [4.78, 5) is 35.3. The molecule has 482 valence electrons. The molecule has 85 heavy (non-hydrogen) atoms. The number of unbranched alkanes of at least 4 members (excludes halogenated alkanes) is 23. The van der Waals surface area contributed by atoms with Crippen LogP contribution in [0, 0.1) is 0 Å². The largest absolute Gasteiger partial charge is 0.472 e. The van der Waals surface area contributed by atoms with Crippen LogP contribution in [0.1, 0.15) is 271 Å². The van der Waals surface area contributed by atoms with Crippen molar-refractivity contribution in [3.8, 4) is 0 Å². The molecule has 0 spiro atoms. The number of hydrogen-bond acceptors (Lipinski definition) is 8. The third-order valence-electron chi connectivity index (χ3n) is 13.9. The Balaban J connectivity index is 3.92. The van der Waals surface area contributed by atoms with Crippen LogP contribution < -0.4 is 5.73 Å². The van der Waals surface area contributed by atoms with Crippen LogP contribution >= 0.6 is 7.82 Å². The van der Waals surface area contributed by atoms with Crippen molar-refractivity contribution in [3.05, 3.63) is 158 Å². The molecule has 0 bridgehead atoms. The van der Waals surface area contributed by atoms with Gasteiger partial charge in [0.05, 0.1) is 13.2 Å². The zero-order valence-electron chi connectivity index (χ0n) is 54.0. The van der Waals surface area contributed by atoms with E-state index in [9.17, 15) is 19.0 Å². The lowest BCUT2D eigenvalue weighted by atomic mass is 10.0. The Hall–Kier alpha value is -4.37. The number of allylic oxidation sites excluding steroid dienone is 26. The van der Waals surface area contributed by atoms with E-state index in [2.05, 4.69) is 172 Å². The number of ether oxygens (including phenoxy) is 2. The maximum absolute atomic E-state index is 12.7. The summed E-state index contributed by atoms with van der Waals surface area (Å²) < 4.78 is 33.1. The molecule has 0 aromatic carbocycles. The summed E-state index contributed by atoms with van der Waals surface area (Å²) in [6.07, 6.45) is 100. The molecule has 0 aromatic rings. The molecule has 0 fully saturated rings. The molecule has 0 amide bonds. The molecule has 0 aromatic heterocycles. The molecule has 0 heterocycles. The summed E-state index contributed by atoms with van der Waals surface area (Å²) >= 11 is 0. The second-order valence-corrected chi connectivity index (χ2v) is 23.4. The molecule has 3 N–H and O–H groups in total. The highest BCUT2D eigenvalue weighted by molar-refractivity contribution is 7.47. The smallest absolute Gasteiger partial charge is 0.462 e. The molecule has 0 rings (SSSR count). The molecule has 0 aliphatic carbocycles. The van der Waals surface area contributed by atoms with Crippen LogP contribution in [0.4, 0.5) is 0 Å². The second kappa shape index (κ2) is 68.7. The van der Waals surface area contributed by atoms with Crippen LogP contribution in [0.5, 0.6) is 0 Å². The van der Waals surface area contributed by atoms with Crippen LogP contribution in [0.15, 0.2) is 158 Å². The van der Waals surface area contributed by atoms with E-state index in [4.69, 9.17) is 24.3 Å². The first-order chi connectivity index (χ1) is 41.8. The quantitative estimate of drug-likeness (QED) is 0.0264. The fourth-order valence-electron chi connectivity index (χ4n) is 8.97. The van der Waals surface area contributed by atoms with E-state index in [1.807, 2.05) is 0 Å². The van der Waals surface area contributed by atoms with Crippen molar-refractivity contribution in [1.29, 1.82) is 0 Å². The third-order valence-corrected chi connectivity index (χ3v) is 14.9. The van der Waals surface area contributed by atoms with Crippen molar-refractivity contribution in [2.24, 2.45) is 5.73 Å². The van der Waals surface area contributed by atoms with E-state index in [0.717, 1.165) is 122 Å². The van der Waals surface area contributed by atoms with Gasteiger partial charge in [0.25, 0.3) is 0 Å². The number of phosphoric acid groups is 1. The predicted molar refractivity (Wildman–Crippen MR) is 366 cm³/mol. The van der Waals surface area contributed by atoms with Gasteiger partial charge in [-0.1, -0.05) is 294 Å². The zero-order chi connectivity index (χ0) is 61.6. The number of carbonyl (C=O) groups excluding carboxylic acids is 2. The van der Waals surface area contributed by atoms with E-state index < -0.39 is 32.5 Å². The van der Waals surface area contributed by atoms with E-state index in [-0.39, 0.29) is 32.6 Å². The Morgan fingerprint density at radius 2 is 0.612 bits per heavy atom. The number of nitrogens with two attached hydrogens (primary N) is 1. The monoisotopic (exact) mass is 1200 g/mol. The van der Waals surface area contributed by atoms with Gasteiger partial charge in [-0.2, -0.15) is 0 Å². The molecule has 2 atom stereocenters. The van der Waals surface area contributed by atoms with Gasteiger partial charge in [0, 0.05) is 19.4 Å². The molecular weight excluding hydrogens is 1070 g/mol. The normalized spacial score (nSPS) is 14.0. The lowest BCUT2D eigenvalue weighted by Gasteiger charge is -2.19. The highest BCUT2D eigenvalue weighted by Gasteiger charge is 2.26. The minimum atomic E-state index is -4.41. The minimum absolute atomic E-state index is 0.0409. The molecule has 2 unspecified atom stereocenters. The Morgan fingerprint density at radius 3 is 0.918 bits per heavy atom. The van der Waals surface area contributed by atoms with Crippen LogP contribution in [0.2, 0.25) is 0 Å². The standard InChI is InChI=1S/C75H124NO8P/c1-3-5-7-9-11-13-15-17-19-21-23-25-27-29-30-31-32-33-34-35-36-37-38-39-40-41-42-44-45-47-49-51-53-55-57-59-61-63-65-67-74(77)81-71-73(72-83-85(79,80)82-70-69-76)84-75(78)68-66-64-62-60-58-56-54-52-50-48-46-43-28-26-24-22-20-18-16-14-12-10-8-6-4-2/h5-8,11-14,17-20,23-26,29-30,32-33,43,46,50,52,56,58,73H,3-4,9-10,15-16,21-22,27-28,31,34-42,44-45,47-49,51,53-55,57,59-72,76H2,1-2H3,(H,79,80)/b7-5-,8-6-,13-11-,14-12-,19-17-,20-18-,25-23-,26-24-,30-29-,33-32-,46-43-,52-50-,58-56-. The predicted octanol–water partition coefficient (Wildman–Crippen LogP) is 22.4. The molecule has 9 nitrogen and oxygen atoms in total. The molecule has 0 saturated heterocycles. The van der Waals surface area contributed by atoms with Gasteiger partial charge in [-0.25, -0.2) is 4.57 Å². The van der Waals surface area contributed by atoms with Crippen molar-refractivity contribution in [1.82, 2.24) is 0 Å². The third kappa shape index (κ3) is 68.6. The van der Waals surface area contributed by atoms with Crippen molar-refractivity contribution in [2.45, 2.75) is 277 Å². The van der Waals surface area contributed by atoms with E-state index in [1.54, 1.807) is 0 Å². The van der Waals surface area contributed by atoms with Gasteiger partial charge in [-0.3, -0.25) is 18.6 Å². The van der Waals surface area contributed by atoms with Crippen LogP contribution in [-0.2, 0) is 32.7 Å². The number of esters is 2. The second-order valence-electron chi connectivity index (χ2n) is 21.9. The highest BCUT2D eigenvalue weighted by atomic mass is 31.2. The molecule has 0 radical (unpaired) electrons. The van der Waals surface area contributed by atoms with E-state index in [0.29, 0.717) is 6.42 Å². The molecular formula is C75H124NO8P.